The number of aryl methyl sites for hydroxylation is 3. The molecule has 0 aliphatic carbocycles. The van der Waals surface area contributed by atoms with Gasteiger partial charge in [0.25, 0.3) is 11.8 Å². The highest BCUT2D eigenvalue weighted by Crippen LogP contribution is 2.32. The van der Waals surface area contributed by atoms with Crippen molar-refractivity contribution in [3.05, 3.63) is 123 Å². The van der Waals surface area contributed by atoms with E-state index in [2.05, 4.69) is 24.5 Å². The van der Waals surface area contributed by atoms with Crippen LogP contribution in [0.4, 0.5) is 0 Å². The van der Waals surface area contributed by atoms with E-state index in [4.69, 9.17) is 29.4 Å². The molecule has 59 heavy (non-hydrogen) atoms. The summed E-state index contributed by atoms with van der Waals surface area (Å²) in [7, 11) is 0. The molecule has 0 saturated carbocycles. The Labute approximate surface area is 352 Å². The lowest BCUT2D eigenvalue weighted by atomic mass is 9.99. The molecule has 1 unspecified atom stereocenters. The number of hydrogen-bond acceptors (Lipinski definition) is 8. The van der Waals surface area contributed by atoms with Gasteiger partial charge in [0.1, 0.15) is 19.0 Å². The monoisotopic (exact) mass is 809 g/mol. The van der Waals surface area contributed by atoms with Crippen LogP contribution < -0.4 is 30.6 Å². The lowest BCUT2D eigenvalue weighted by Gasteiger charge is -2.18. The van der Waals surface area contributed by atoms with Crippen molar-refractivity contribution in [3.8, 4) is 17.2 Å². The van der Waals surface area contributed by atoms with Gasteiger partial charge in [0, 0.05) is 24.2 Å². The number of benzene rings is 4. The predicted octanol–water partition coefficient (Wildman–Crippen LogP) is 9.06. The van der Waals surface area contributed by atoms with Crippen LogP contribution in [0.3, 0.4) is 0 Å². The van der Waals surface area contributed by atoms with E-state index in [0.29, 0.717) is 68.7 Å². The number of amides is 2. The molecule has 4 rings (SSSR count). The molecule has 4 aromatic carbocycles. The van der Waals surface area contributed by atoms with Crippen LogP contribution in [-0.2, 0) is 9.47 Å². The molecule has 4 aromatic rings. The Morgan fingerprint density at radius 3 is 1.66 bits per heavy atom. The highest BCUT2D eigenvalue weighted by Gasteiger charge is 2.15. The number of nitrogens with two attached hydrogens (primary N) is 1. The lowest BCUT2D eigenvalue weighted by molar-refractivity contribution is 0.0828. The smallest absolute Gasteiger partial charge is 0.251 e. The van der Waals surface area contributed by atoms with Gasteiger partial charge in [-0.25, -0.2) is 0 Å². The van der Waals surface area contributed by atoms with Gasteiger partial charge in [-0.1, -0.05) is 81.8 Å². The van der Waals surface area contributed by atoms with E-state index in [1.54, 1.807) is 0 Å². The second-order valence-corrected chi connectivity index (χ2v) is 15.1. The van der Waals surface area contributed by atoms with Crippen LogP contribution in [0.15, 0.2) is 72.8 Å². The fourth-order valence-electron chi connectivity index (χ4n) is 6.62. The van der Waals surface area contributed by atoms with Gasteiger partial charge in [-0.05, 0) is 116 Å². The number of hydrogen-bond donors (Lipinski definition) is 3. The first-order valence-electron chi connectivity index (χ1n) is 21.3. The van der Waals surface area contributed by atoms with Crippen molar-refractivity contribution < 1.29 is 33.3 Å². The van der Waals surface area contributed by atoms with Gasteiger partial charge < -0.3 is 40.1 Å². The molecule has 0 aliphatic rings. The predicted molar refractivity (Wildman–Crippen MR) is 236 cm³/mol. The summed E-state index contributed by atoms with van der Waals surface area (Å²) in [6, 6.07) is 22.8. The van der Waals surface area contributed by atoms with E-state index in [1.807, 2.05) is 100 Å². The molecule has 10 heteroatoms. The average molecular weight is 810 g/mol. The zero-order chi connectivity index (χ0) is 42.4. The summed E-state index contributed by atoms with van der Waals surface area (Å²) in [6.45, 7) is 15.6. The number of unbranched alkanes of at least 4 members (excludes halogenated alkanes) is 6. The number of carbonyl (C=O) groups is 2. The minimum atomic E-state index is -0.343. The molecule has 0 saturated heterocycles. The van der Waals surface area contributed by atoms with Gasteiger partial charge in [-0.3, -0.25) is 9.59 Å². The first kappa shape index (κ1) is 46.8. The van der Waals surface area contributed by atoms with Crippen molar-refractivity contribution in [2.75, 3.05) is 59.3 Å². The molecule has 1 atom stereocenters. The summed E-state index contributed by atoms with van der Waals surface area (Å²) in [5.74, 6) is 1.59. The Bertz CT molecular complexity index is 1880. The summed E-state index contributed by atoms with van der Waals surface area (Å²) in [5, 5.41) is 5.88. The summed E-state index contributed by atoms with van der Waals surface area (Å²) >= 11 is 0. The van der Waals surface area contributed by atoms with Crippen LogP contribution in [0.1, 0.15) is 118 Å². The van der Waals surface area contributed by atoms with E-state index in [-0.39, 0.29) is 31.1 Å². The molecular weight excluding hydrogens is 743 g/mol. The van der Waals surface area contributed by atoms with E-state index in [9.17, 15) is 9.59 Å². The van der Waals surface area contributed by atoms with Gasteiger partial charge in [0.2, 0.25) is 0 Å². The van der Waals surface area contributed by atoms with Crippen LogP contribution in [0.25, 0.3) is 0 Å². The molecule has 10 nitrogen and oxygen atoms in total. The third-order valence-corrected chi connectivity index (χ3v) is 10.6. The summed E-state index contributed by atoms with van der Waals surface area (Å²) in [5.41, 5.74) is 15.2. The Morgan fingerprint density at radius 1 is 0.525 bits per heavy atom. The highest BCUT2D eigenvalue weighted by atomic mass is 16.6. The lowest BCUT2D eigenvalue weighted by Crippen LogP contribution is -2.28. The Morgan fingerprint density at radius 2 is 1.05 bits per heavy atom. The fourth-order valence-corrected chi connectivity index (χ4v) is 6.62. The zero-order valence-electron chi connectivity index (χ0n) is 36.3. The van der Waals surface area contributed by atoms with Crippen LogP contribution in [0.2, 0.25) is 0 Å². The van der Waals surface area contributed by atoms with Gasteiger partial charge in [0.15, 0.2) is 11.5 Å². The van der Waals surface area contributed by atoms with Crippen molar-refractivity contribution in [1.82, 2.24) is 10.6 Å². The molecule has 0 spiro atoms. The Hall–Kier alpha value is -4.90. The second-order valence-electron chi connectivity index (χ2n) is 15.1. The van der Waals surface area contributed by atoms with Gasteiger partial charge in [-0.2, -0.15) is 0 Å². The fraction of sp³-hybridized carbons (Fsp3) is 0.469. The number of carbonyl (C=O) groups excluding carboxylic acids is 2. The van der Waals surface area contributed by atoms with Crippen LogP contribution in [0.5, 0.6) is 17.2 Å². The maximum absolute atomic E-state index is 13.0. The summed E-state index contributed by atoms with van der Waals surface area (Å²) < 4.78 is 29.9. The van der Waals surface area contributed by atoms with Gasteiger partial charge in [-0.15, -0.1) is 0 Å². The Kier molecular flexibility index (Phi) is 20.3. The second kappa shape index (κ2) is 25.6. The molecule has 0 radical (unpaired) electrons. The van der Waals surface area contributed by atoms with E-state index < -0.39 is 0 Å². The molecular formula is C49H67N3O7. The van der Waals surface area contributed by atoms with Crippen LogP contribution in [0, 0.1) is 34.6 Å². The first-order valence-corrected chi connectivity index (χ1v) is 21.3. The minimum Gasteiger partial charge on any atom is -0.493 e. The summed E-state index contributed by atoms with van der Waals surface area (Å²) in [6.07, 6.45) is 8.56. The summed E-state index contributed by atoms with van der Waals surface area (Å²) in [4.78, 5) is 25.7. The van der Waals surface area contributed by atoms with Gasteiger partial charge >= 0.3 is 0 Å². The molecule has 0 heterocycles. The van der Waals surface area contributed by atoms with Crippen molar-refractivity contribution in [1.29, 1.82) is 0 Å². The molecule has 0 bridgehead atoms. The number of rotatable bonds is 27. The SMILES string of the molecule is CCCCCCCCCOc1cc(C(=O)NCCOCCOc2ccc(C(N)c3ccccc3)cc2OCCOCCNC(=O)c2cc(C)c(C)c(C)c2)cc(C)c1C. The topological polar surface area (TPSA) is 130 Å². The third-order valence-electron chi connectivity index (χ3n) is 10.6. The largest absolute Gasteiger partial charge is 0.493 e. The van der Waals surface area contributed by atoms with Crippen LogP contribution >= 0.6 is 0 Å². The quantitative estimate of drug-likeness (QED) is 0.0509. The van der Waals surface area contributed by atoms with E-state index in [1.165, 1.54) is 37.7 Å². The molecule has 4 N–H and O–H groups in total. The maximum Gasteiger partial charge on any atom is 0.251 e. The first-order chi connectivity index (χ1) is 28.6. The van der Waals surface area contributed by atoms with E-state index in [0.717, 1.165) is 52.0 Å². The van der Waals surface area contributed by atoms with Crippen LogP contribution in [-0.4, -0.2) is 71.2 Å². The van der Waals surface area contributed by atoms with Crippen molar-refractivity contribution in [3.63, 3.8) is 0 Å². The average Bonchev–Trinajstić information content (AvgIpc) is 3.24. The Balaban J connectivity index is 1.20. The third kappa shape index (κ3) is 15.7. The number of ether oxygens (including phenoxy) is 5. The van der Waals surface area contributed by atoms with Crippen molar-refractivity contribution in [2.45, 2.75) is 92.5 Å². The van der Waals surface area contributed by atoms with Crippen molar-refractivity contribution in [2.24, 2.45) is 5.73 Å². The molecule has 320 valence electrons. The number of nitrogens with one attached hydrogen (secondary N) is 2. The normalized spacial score (nSPS) is 11.6. The molecule has 0 fully saturated rings. The highest BCUT2D eigenvalue weighted by molar-refractivity contribution is 5.95. The minimum absolute atomic E-state index is 0.121. The molecule has 0 aromatic heterocycles. The molecule has 0 aliphatic heterocycles. The van der Waals surface area contributed by atoms with Crippen molar-refractivity contribution >= 4 is 11.8 Å². The van der Waals surface area contributed by atoms with E-state index >= 15 is 0 Å². The standard InChI is InChI=1S/C49H67N3O7/c1-7-8-9-10-11-12-16-23-57-45-34-43(32-37(4)39(45)6)49(54)52-22-25-55-26-28-58-44-20-19-41(47(50)40-17-14-13-15-18-40)33-46(44)59-29-27-56-24-21-51-48(53)42-30-35(2)38(5)36(3)31-42/h13-15,17-20,30-34,47H,7-12,16,21-29,50H2,1-6H3,(H,51,53)(H,52,54). The van der Waals surface area contributed by atoms with Gasteiger partial charge in [0.05, 0.1) is 39.1 Å². The molecule has 2 amide bonds. The zero-order valence-corrected chi connectivity index (χ0v) is 36.3. The maximum atomic E-state index is 13.0.